The van der Waals surface area contributed by atoms with Gasteiger partial charge in [-0.1, -0.05) is 31.2 Å². The topological polar surface area (TPSA) is 154 Å². The molecule has 10 nitrogen and oxygen atoms in total. The standard InChI is InChI=1S/C21H33N5O5S/c1-4-7-16(17-11-15(29-9-5-2)12-18(27)31-17)24-20(28)21(23)13-32-19(25-21)14(3)26-30-10-6-8-22/h5,11-12,16,18,27H,2,4,6-10,13,22-23H2,1,3H3,(H,24,28)/b26-14+/t16-,18?,21+/m1/s1. The maximum absolute atomic E-state index is 13.1. The molecular formula is C21H33N5O5S. The fourth-order valence-corrected chi connectivity index (χ4v) is 3.90. The summed E-state index contributed by atoms with van der Waals surface area (Å²) in [5.74, 6) is 0.643. The molecule has 1 amide bonds. The van der Waals surface area contributed by atoms with Crippen LogP contribution in [0.5, 0.6) is 0 Å². The molecule has 0 radical (unpaired) electrons. The van der Waals surface area contributed by atoms with E-state index in [2.05, 4.69) is 22.0 Å². The Bertz CT molecular complexity index is 797. The Balaban J connectivity index is 2.10. The second kappa shape index (κ2) is 12.6. The van der Waals surface area contributed by atoms with Crippen molar-refractivity contribution in [3.63, 3.8) is 0 Å². The summed E-state index contributed by atoms with van der Waals surface area (Å²) in [5.41, 5.74) is 10.8. The highest BCUT2D eigenvalue weighted by molar-refractivity contribution is 8.16. The zero-order valence-corrected chi connectivity index (χ0v) is 19.4. The van der Waals surface area contributed by atoms with Gasteiger partial charge in [-0.3, -0.25) is 10.5 Å². The number of nitrogens with two attached hydrogens (primary N) is 2. The Kier molecular flexibility index (Phi) is 10.2. The summed E-state index contributed by atoms with van der Waals surface area (Å²) >= 11 is 1.34. The van der Waals surface area contributed by atoms with Crippen molar-refractivity contribution < 1.29 is 24.2 Å². The minimum atomic E-state index is -1.45. The maximum Gasteiger partial charge on any atom is 0.264 e. The Morgan fingerprint density at radius 2 is 2.41 bits per heavy atom. The van der Waals surface area contributed by atoms with E-state index in [-0.39, 0.29) is 12.4 Å². The van der Waals surface area contributed by atoms with Gasteiger partial charge in [0.05, 0.1) is 6.04 Å². The van der Waals surface area contributed by atoms with E-state index in [0.29, 0.717) is 48.3 Å². The maximum atomic E-state index is 13.1. The molecule has 2 heterocycles. The minimum Gasteiger partial charge on any atom is -0.490 e. The van der Waals surface area contributed by atoms with Crippen LogP contribution in [-0.4, -0.2) is 65.3 Å². The first-order valence-electron chi connectivity index (χ1n) is 10.5. The predicted molar refractivity (Wildman–Crippen MR) is 126 cm³/mol. The lowest BCUT2D eigenvalue weighted by molar-refractivity contribution is -0.126. The van der Waals surface area contributed by atoms with Gasteiger partial charge in [0.25, 0.3) is 5.91 Å². The number of amides is 1. The number of hydrogen-bond acceptors (Lipinski definition) is 10. The normalized spacial score (nSPS) is 24.0. The number of carbonyl (C=O) groups is 1. The number of carbonyl (C=O) groups excluding carboxylic acids is 1. The summed E-state index contributed by atoms with van der Waals surface area (Å²) in [4.78, 5) is 22.7. The molecule has 0 spiro atoms. The molecule has 2 rings (SSSR count). The molecule has 0 aliphatic carbocycles. The molecule has 0 aromatic heterocycles. The van der Waals surface area contributed by atoms with Gasteiger partial charge in [-0.15, -0.1) is 11.8 Å². The Hall–Kier alpha value is -2.34. The Morgan fingerprint density at radius 3 is 3.09 bits per heavy atom. The van der Waals surface area contributed by atoms with Gasteiger partial charge in [0, 0.05) is 17.9 Å². The van der Waals surface area contributed by atoms with E-state index in [1.165, 1.54) is 17.8 Å². The number of oxime groups is 1. The molecule has 3 atom stereocenters. The predicted octanol–water partition coefficient (Wildman–Crippen LogP) is 1.13. The van der Waals surface area contributed by atoms with Gasteiger partial charge in [0.15, 0.2) is 5.66 Å². The molecule has 0 aromatic carbocycles. The van der Waals surface area contributed by atoms with Gasteiger partial charge in [-0.05, 0) is 26.3 Å². The van der Waals surface area contributed by atoms with Crippen molar-refractivity contribution in [2.45, 2.75) is 51.1 Å². The second-order valence-electron chi connectivity index (χ2n) is 7.32. The number of nitrogens with one attached hydrogen (secondary N) is 1. The average molecular weight is 468 g/mol. The number of thioether (sulfide) groups is 1. The van der Waals surface area contributed by atoms with Crippen LogP contribution in [-0.2, 0) is 19.1 Å². The fraction of sp³-hybridized carbons (Fsp3) is 0.571. The third kappa shape index (κ3) is 7.37. The van der Waals surface area contributed by atoms with Gasteiger partial charge in [-0.25, -0.2) is 4.99 Å². The fourth-order valence-electron chi connectivity index (χ4n) is 2.88. The van der Waals surface area contributed by atoms with Crippen LogP contribution in [0.1, 0.15) is 33.1 Å². The summed E-state index contributed by atoms with van der Waals surface area (Å²) in [7, 11) is 0. The summed E-state index contributed by atoms with van der Waals surface area (Å²) < 4.78 is 11.0. The van der Waals surface area contributed by atoms with Gasteiger partial charge >= 0.3 is 0 Å². The molecule has 32 heavy (non-hydrogen) atoms. The van der Waals surface area contributed by atoms with E-state index >= 15 is 0 Å². The largest absolute Gasteiger partial charge is 0.490 e. The zero-order valence-electron chi connectivity index (χ0n) is 18.6. The number of aliphatic hydroxyl groups excluding tert-OH is 1. The van der Waals surface area contributed by atoms with Crippen molar-refractivity contribution >= 4 is 28.4 Å². The molecule has 11 heteroatoms. The van der Waals surface area contributed by atoms with Crippen molar-refractivity contribution in [1.29, 1.82) is 0 Å². The summed E-state index contributed by atoms with van der Waals surface area (Å²) in [6.45, 7) is 8.55. The van der Waals surface area contributed by atoms with Gasteiger partial charge < -0.3 is 30.5 Å². The highest BCUT2D eigenvalue weighted by Crippen LogP contribution is 2.27. The highest BCUT2D eigenvalue weighted by Gasteiger charge is 2.41. The Morgan fingerprint density at radius 1 is 1.62 bits per heavy atom. The molecule has 6 N–H and O–H groups in total. The lowest BCUT2D eigenvalue weighted by atomic mass is 10.1. The monoisotopic (exact) mass is 467 g/mol. The van der Waals surface area contributed by atoms with E-state index in [0.717, 1.165) is 6.42 Å². The van der Waals surface area contributed by atoms with Crippen LogP contribution in [0.2, 0.25) is 0 Å². The number of ether oxygens (including phenoxy) is 2. The van der Waals surface area contributed by atoms with Crippen LogP contribution in [0.3, 0.4) is 0 Å². The van der Waals surface area contributed by atoms with E-state index in [4.69, 9.17) is 25.8 Å². The smallest absolute Gasteiger partial charge is 0.264 e. The number of nitrogens with zero attached hydrogens (tertiary/aromatic N) is 2. The van der Waals surface area contributed by atoms with Crippen LogP contribution in [0.15, 0.2) is 46.5 Å². The lowest BCUT2D eigenvalue weighted by Crippen LogP contribution is -2.56. The van der Waals surface area contributed by atoms with Crippen molar-refractivity contribution in [1.82, 2.24) is 5.32 Å². The molecule has 0 aromatic rings. The van der Waals surface area contributed by atoms with Crippen LogP contribution in [0, 0.1) is 0 Å². The number of aliphatic hydroxyl groups is 1. The number of rotatable bonds is 13. The zero-order chi connectivity index (χ0) is 23.6. The summed E-state index contributed by atoms with van der Waals surface area (Å²) in [6, 6.07) is -0.503. The third-order valence-electron chi connectivity index (χ3n) is 4.52. The first-order valence-corrected chi connectivity index (χ1v) is 11.5. The first kappa shape index (κ1) is 25.9. The molecule has 2 aliphatic heterocycles. The van der Waals surface area contributed by atoms with Crippen LogP contribution < -0.4 is 16.8 Å². The van der Waals surface area contributed by atoms with Crippen molar-refractivity contribution in [3.8, 4) is 0 Å². The Labute approximate surface area is 192 Å². The van der Waals surface area contributed by atoms with E-state index in [9.17, 15) is 9.90 Å². The van der Waals surface area contributed by atoms with Gasteiger partial charge in [0.1, 0.15) is 35.5 Å². The number of hydrogen-bond donors (Lipinski definition) is 4. The lowest BCUT2D eigenvalue weighted by Gasteiger charge is -2.29. The highest BCUT2D eigenvalue weighted by atomic mass is 32.2. The number of allylic oxidation sites excluding steroid dienone is 1. The molecular weight excluding hydrogens is 434 g/mol. The molecule has 1 unspecified atom stereocenters. The second-order valence-corrected chi connectivity index (χ2v) is 8.28. The SMILES string of the molecule is C=CCOC1=CC(O)OC([C@@H](CCC)NC(=O)[C@]2(N)CSC(/C(C)=N/OCCCN)=N2)=C1. The molecule has 0 fully saturated rings. The summed E-state index contributed by atoms with van der Waals surface area (Å²) in [6.07, 6.45) is 5.54. The molecule has 2 aliphatic rings. The van der Waals surface area contributed by atoms with E-state index in [1.807, 2.05) is 6.92 Å². The van der Waals surface area contributed by atoms with Crippen LogP contribution in [0.4, 0.5) is 0 Å². The quantitative estimate of drug-likeness (QED) is 0.136. The van der Waals surface area contributed by atoms with E-state index in [1.54, 1.807) is 19.1 Å². The average Bonchev–Trinajstić information content (AvgIpc) is 3.18. The molecule has 0 bridgehead atoms. The van der Waals surface area contributed by atoms with Crippen LogP contribution in [0.25, 0.3) is 0 Å². The van der Waals surface area contributed by atoms with Crippen molar-refractivity contribution in [2.24, 2.45) is 21.6 Å². The summed E-state index contributed by atoms with van der Waals surface area (Å²) in [5, 5.41) is 17.5. The third-order valence-corrected chi connectivity index (χ3v) is 5.76. The first-order chi connectivity index (χ1) is 15.3. The van der Waals surface area contributed by atoms with Crippen molar-refractivity contribution in [3.05, 3.63) is 36.3 Å². The van der Waals surface area contributed by atoms with Gasteiger partial charge in [0.2, 0.25) is 6.29 Å². The van der Waals surface area contributed by atoms with Crippen LogP contribution >= 0.6 is 11.8 Å². The molecule has 0 saturated heterocycles. The number of aliphatic imine (C=N–C) groups is 1. The van der Waals surface area contributed by atoms with E-state index < -0.39 is 23.9 Å². The molecule has 0 saturated carbocycles. The minimum absolute atomic E-state index is 0.263. The van der Waals surface area contributed by atoms with Crippen molar-refractivity contribution in [2.75, 3.05) is 25.5 Å². The van der Waals surface area contributed by atoms with Gasteiger partial charge in [-0.2, -0.15) is 0 Å². The molecule has 178 valence electrons.